The summed E-state index contributed by atoms with van der Waals surface area (Å²) in [6.45, 7) is 0. The first kappa shape index (κ1) is 13.3. The molecule has 1 fully saturated rings. The van der Waals surface area contributed by atoms with Crippen LogP contribution in [0.5, 0.6) is 0 Å². The molecule has 0 aliphatic heterocycles. The largest absolute Gasteiger partial charge is 0.369 e. The number of halogens is 1. The molecule has 1 amide bonds. The molecule has 1 aromatic rings. The summed E-state index contributed by atoms with van der Waals surface area (Å²) < 4.78 is 0.562. The summed E-state index contributed by atoms with van der Waals surface area (Å²) in [4.78, 5) is 29.1. The molecule has 0 aromatic carbocycles. The van der Waals surface area contributed by atoms with Gasteiger partial charge in [-0.2, -0.15) is 0 Å². The molecule has 1 saturated carbocycles. The standard InChI is InChI=1S/C11H15IN4O2/c12-8-10(14-5-15-11(8)18)16-7-3-1-6(2-4-7)9(13)17/h5-7H,1-4H2,(H2,13,17)(H2,14,15,16,18). The number of amides is 1. The molecule has 7 heteroatoms. The first-order valence-corrected chi connectivity index (χ1v) is 6.95. The van der Waals surface area contributed by atoms with E-state index in [2.05, 4.69) is 15.3 Å². The van der Waals surface area contributed by atoms with Crippen molar-refractivity contribution < 1.29 is 4.79 Å². The number of hydrogen-bond acceptors (Lipinski definition) is 4. The molecule has 2 rings (SSSR count). The summed E-state index contributed by atoms with van der Waals surface area (Å²) in [5, 5.41) is 3.26. The molecule has 1 aromatic heterocycles. The predicted octanol–water partition coefficient (Wildman–Crippen LogP) is 0.830. The SMILES string of the molecule is NC(=O)C1CCC(Nc2nc[nH]c(=O)c2I)CC1. The molecule has 18 heavy (non-hydrogen) atoms. The molecule has 0 saturated heterocycles. The molecule has 0 bridgehead atoms. The predicted molar refractivity (Wildman–Crippen MR) is 76.1 cm³/mol. The maximum Gasteiger partial charge on any atom is 0.266 e. The van der Waals surface area contributed by atoms with Crippen LogP contribution in [0.4, 0.5) is 5.82 Å². The maximum absolute atomic E-state index is 11.4. The van der Waals surface area contributed by atoms with Gasteiger partial charge in [0.2, 0.25) is 5.91 Å². The van der Waals surface area contributed by atoms with E-state index in [0.29, 0.717) is 9.39 Å². The molecule has 4 N–H and O–H groups in total. The van der Waals surface area contributed by atoms with Gasteiger partial charge in [-0.15, -0.1) is 0 Å². The molecule has 0 unspecified atom stereocenters. The lowest BCUT2D eigenvalue weighted by atomic mass is 9.85. The van der Waals surface area contributed by atoms with Gasteiger partial charge in [0.15, 0.2) is 0 Å². The van der Waals surface area contributed by atoms with Gasteiger partial charge in [-0.3, -0.25) is 9.59 Å². The van der Waals surface area contributed by atoms with Crippen LogP contribution >= 0.6 is 22.6 Å². The van der Waals surface area contributed by atoms with E-state index in [-0.39, 0.29) is 23.4 Å². The van der Waals surface area contributed by atoms with Gasteiger partial charge in [0.05, 0.1) is 6.33 Å². The highest BCUT2D eigenvalue weighted by atomic mass is 127. The third-order valence-electron chi connectivity index (χ3n) is 3.27. The van der Waals surface area contributed by atoms with Crippen LogP contribution in [0.3, 0.4) is 0 Å². The Morgan fingerprint density at radius 1 is 1.44 bits per heavy atom. The number of nitrogens with one attached hydrogen (secondary N) is 2. The average molecular weight is 362 g/mol. The molecule has 1 aliphatic carbocycles. The van der Waals surface area contributed by atoms with E-state index in [4.69, 9.17) is 5.73 Å². The number of rotatable bonds is 3. The molecule has 1 heterocycles. The lowest BCUT2D eigenvalue weighted by molar-refractivity contribution is -0.122. The minimum absolute atomic E-state index is 0.00532. The van der Waals surface area contributed by atoms with Crippen molar-refractivity contribution in [1.29, 1.82) is 0 Å². The van der Waals surface area contributed by atoms with Crippen LogP contribution < -0.4 is 16.6 Å². The molecule has 0 radical (unpaired) electrons. The number of hydrogen-bond donors (Lipinski definition) is 3. The second kappa shape index (κ2) is 5.68. The van der Waals surface area contributed by atoms with E-state index in [9.17, 15) is 9.59 Å². The second-order valence-corrected chi connectivity index (χ2v) is 5.57. The highest BCUT2D eigenvalue weighted by Crippen LogP contribution is 2.26. The summed E-state index contributed by atoms with van der Waals surface area (Å²) >= 11 is 1.97. The maximum atomic E-state index is 11.4. The quantitative estimate of drug-likeness (QED) is 0.694. The van der Waals surface area contributed by atoms with Crippen LogP contribution in [0.1, 0.15) is 25.7 Å². The smallest absolute Gasteiger partial charge is 0.266 e. The van der Waals surface area contributed by atoms with Gasteiger partial charge in [0.25, 0.3) is 5.56 Å². The van der Waals surface area contributed by atoms with E-state index in [0.717, 1.165) is 25.7 Å². The average Bonchev–Trinajstić information content (AvgIpc) is 2.36. The van der Waals surface area contributed by atoms with Gasteiger partial charge in [0.1, 0.15) is 9.39 Å². The number of H-pyrrole nitrogens is 1. The number of carbonyl (C=O) groups excluding carboxylic acids is 1. The highest BCUT2D eigenvalue weighted by Gasteiger charge is 2.25. The number of primary amides is 1. The van der Waals surface area contributed by atoms with Gasteiger partial charge in [-0.1, -0.05) is 0 Å². The zero-order valence-electron chi connectivity index (χ0n) is 9.78. The molecule has 0 spiro atoms. The number of nitrogens with zero attached hydrogens (tertiary/aromatic N) is 1. The molecular weight excluding hydrogens is 347 g/mol. The van der Waals surface area contributed by atoms with E-state index < -0.39 is 0 Å². The number of aromatic nitrogens is 2. The van der Waals surface area contributed by atoms with Crippen molar-refractivity contribution in [3.8, 4) is 0 Å². The topological polar surface area (TPSA) is 101 Å². The van der Waals surface area contributed by atoms with Crippen LogP contribution in [0, 0.1) is 9.49 Å². The first-order chi connectivity index (χ1) is 8.58. The van der Waals surface area contributed by atoms with Crippen molar-refractivity contribution in [2.24, 2.45) is 11.7 Å². The zero-order chi connectivity index (χ0) is 13.1. The van der Waals surface area contributed by atoms with Gasteiger partial charge in [-0.25, -0.2) is 4.98 Å². The zero-order valence-corrected chi connectivity index (χ0v) is 11.9. The molecule has 0 atom stereocenters. The fraction of sp³-hybridized carbons (Fsp3) is 0.545. The van der Waals surface area contributed by atoms with Crippen LogP contribution in [-0.4, -0.2) is 21.9 Å². The monoisotopic (exact) mass is 362 g/mol. The van der Waals surface area contributed by atoms with Gasteiger partial charge in [0, 0.05) is 12.0 Å². The van der Waals surface area contributed by atoms with Gasteiger partial charge >= 0.3 is 0 Å². The second-order valence-electron chi connectivity index (χ2n) is 4.49. The van der Waals surface area contributed by atoms with Crippen molar-refractivity contribution >= 4 is 34.3 Å². The van der Waals surface area contributed by atoms with Crippen LogP contribution in [0.15, 0.2) is 11.1 Å². The summed E-state index contributed by atoms with van der Waals surface area (Å²) in [7, 11) is 0. The normalized spacial score (nSPS) is 23.6. The highest BCUT2D eigenvalue weighted by molar-refractivity contribution is 14.1. The third kappa shape index (κ3) is 3.01. The first-order valence-electron chi connectivity index (χ1n) is 5.87. The Balaban J connectivity index is 1.98. The van der Waals surface area contributed by atoms with E-state index in [1.54, 1.807) is 0 Å². The third-order valence-corrected chi connectivity index (χ3v) is 4.27. The number of nitrogens with two attached hydrogens (primary N) is 1. The van der Waals surface area contributed by atoms with Crippen LogP contribution in [0.2, 0.25) is 0 Å². The molecule has 98 valence electrons. The fourth-order valence-electron chi connectivity index (χ4n) is 2.20. The fourth-order valence-corrected chi connectivity index (χ4v) is 2.65. The van der Waals surface area contributed by atoms with Crippen molar-refractivity contribution in [1.82, 2.24) is 9.97 Å². The minimum atomic E-state index is -0.211. The Kier molecular flexibility index (Phi) is 4.20. The Morgan fingerprint density at radius 2 is 2.11 bits per heavy atom. The van der Waals surface area contributed by atoms with E-state index >= 15 is 0 Å². The summed E-state index contributed by atoms with van der Waals surface area (Å²) in [5.74, 6) is 0.397. The Morgan fingerprint density at radius 3 is 2.72 bits per heavy atom. The van der Waals surface area contributed by atoms with Crippen LogP contribution in [0.25, 0.3) is 0 Å². The Hall–Kier alpha value is -1.12. The minimum Gasteiger partial charge on any atom is -0.369 e. The van der Waals surface area contributed by atoms with Crippen LogP contribution in [-0.2, 0) is 4.79 Å². The molecular formula is C11H15IN4O2. The number of anilines is 1. The Bertz CT molecular complexity index is 494. The van der Waals surface area contributed by atoms with Crippen molar-refractivity contribution in [2.45, 2.75) is 31.7 Å². The number of carbonyl (C=O) groups is 1. The summed E-state index contributed by atoms with van der Waals surface area (Å²) in [5.41, 5.74) is 5.15. The Labute approximate surface area is 118 Å². The molecule has 6 nitrogen and oxygen atoms in total. The number of aromatic amines is 1. The van der Waals surface area contributed by atoms with Crippen molar-refractivity contribution in [2.75, 3.05) is 5.32 Å². The van der Waals surface area contributed by atoms with Gasteiger partial charge < -0.3 is 16.0 Å². The lowest BCUT2D eigenvalue weighted by Crippen LogP contribution is -2.33. The van der Waals surface area contributed by atoms with Crippen molar-refractivity contribution in [3.63, 3.8) is 0 Å². The van der Waals surface area contributed by atoms with Crippen molar-refractivity contribution in [3.05, 3.63) is 20.3 Å². The lowest BCUT2D eigenvalue weighted by Gasteiger charge is -2.27. The summed E-state index contributed by atoms with van der Waals surface area (Å²) in [6, 6.07) is 0.253. The molecule has 1 aliphatic rings. The van der Waals surface area contributed by atoms with E-state index in [1.165, 1.54) is 6.33 Å². The van der Waals surface area contributed by atoms with Gasteiger partial charge in [-0.05, 0) is 48.3 Å². The van der Waals surface area contributed by atoms with E-state index in [1.807, 2.05) is 22.6 Å². The summed E-state index contributed by atoms with van der Waals surface area (Å²) in [6.07, 6.45) is 4.73.